The summed E-state index contributed by atoms with van der Waals surface area (Å²) >= 11 is 0. The van der Waals surface area contributed by atoms with Crippen LogP contribution in [-0.4, -0.2) is 15.7 Å². The first kappa shape index (κ1) is 27.1. The molecule has 1 aromatic heterocycles. The molecule has 1 rings (SSSR count). The highest BCUT2D eigenvalue weighted by atomic mass is 19.1. The van der Waals surface area contributed by atoms with Crippen molar-refractivity contribution in [3.63, 3.8) is 0 Å². The molecule has 5 heteroatoms. The Morgan fingerprint density at radius 2 is 1.85 bits per heavy atom. The minimum absolute atomic E-state index is 0.0130. The molecule has 0 saturated heterocycles. The van der Waals surface area contributed by atoms with E-state index in [1.807, 2.05) is 65.0 Å². The van der Waals surface area contributed by atoms with Gasteiger partial charge in [0.05, 0.1) is 5.69 Å². The van der Waals surface area contributed by atoms with E-state index in [-0.39, 0.29) is 5.56 Å². The molecule has 1 N–H and O–H groups in total. The van der Waals surface area contributed by atoms with E-state index in [0.29, 0.717) is 17.3 Å². The van der Waals surface area contributed by atoms with Gasteiger partial charge in [0.1, 0.15) is 5.56 Å². The molecule has 1 aromatic rings. The second-order valence-corrected chi connectivity index (χ2v) is 5.60. The number of nitrogens with one attached hydrogen (secondary N) is 1. The fraction of sp³-hybridized carbons (Fsp3) is 0.545. The van der Waals surface area contributed by atoms with Gasteiger partial charge in [-0.3, -0.25) is 4.79 Å². The number of aromatic nitrogens is 2. The van der Waals surface area contributed by atoms with Crippen molar-refractivity contribution in [1.82, 2.24) is 15.1 Å². The van der Waals surface area contributed by atoms with Crippen LogP contribution in [0, 0.1) is 18.8 Å². The summed E-state index contributed by atoms with van der Waals surface area (Å²) in [6.07, 6.45) is 11.5. The fourth-order valence-electron chi connectivity index (χ4n) is 2.34. The average Bonchev–Trinajstić information content (AvgIpc) is 2.90. The predicted octanol–water partition coefficient (Wildman–Crippen LogP) is 6.10. The SMILES string of the molecule is CC.CC.C\C=C/C=C\C(=C\C(C)CCC)NC(=O)c1c(C)nn(C)c1F. The maximum atomic E-state index is 14.0. The van der Waals surface area contributed by atoms with E-state index in [9.17, 15) is 9.18 Å². The van der Waals surface area contributed by atoms with Crippen molar-refractivity contribution in [3.05, 3.63) is 53.3 Å². The quantitative estimate of drug-likeness (QED) is 0.582. The largest absolute Gasteiger partial charge is 0.322 e. The summed E-state index contributed by atoms with van der Waals surface area (Å²) in [5.41, 5.74) is 1.03. The van der Waals surface area contributed by atoms with Crippen molar-refractivity contribution >= 4 is 5.91 Å². The van der Waals surface area contributed by atoms with Crippen molar-refractivity contribution in [2.75, 3.05) is 0 Å². The topological polar surface area (TPSA) is 46.9 Å². The second-order valence-electron chi connectivity index (χ2n) is 5.60. The third-order valence-corrected chi connectivity index (χ3v) is 3.42. The standard InChI is InChI=1S/C18H26FN3O.2C2H6/c1-6-8-9-11-15(12-13(3)10-7-2)20-18(23)16-14(4)21-22(5)17(16)19;2*1-2/h6,8-9,11-13H,7,10H2,1-5H3,(H,20,23);2*1-2H3/b8-6-,11-9-,15-12-;;. The van der Waals surface area contributed by atoms with Crippen LogP contribution in [0.3, 0.4) is 0 Å². The van der Waals surface area contributed by atoms with Crippen molar-refractivity contribution in [3.8, 4) is 0 Å². The van der Waals surface area contributed by atoms with E-state index in [1.165, 1.54) is 7.05 Å². The van der Waals surface area contributed by atoms with Crippen LogP contribution in [0.25, 0.3) is 0 Å². The van der Waals surface area contributed by atoms with Gasteiger partial charge in [0.25, 0.3) is 5.91 Å². The molecule has 1 amide bonds. The molecule has 154 valence electrons. The molecule has 1 atom stereocenters. The molecule has 0 bridgehead atoms. The molecule has 0 aromatic carbocycles. The van der Waals surface area contributed by atoms with Gasteiger partial charge in [-0.15, -0.1) is 0 Å². The van der Waals surface area contributed by atoms with Gasteiger partial charge in [-0.05, 0) is 32.3 Å². The smallest absolute Gasteiger partial charge is 0.262 e. The van der Waals surface area contributed by atoms with Gasteiger partial charge in [0.2, 0.25) is 5.95 Å². The van der Waals surface area contributed by atoms with Crippen LogP contribution in [0.1, 0.15) is 77.4 Å². The van der Waals surface area contributed by atoms with Crippen molar-refractivity contribution in [1.29, 1.82) is 0 Å². The van der Waals surface area contributed by atoms with E-state index in [2.05, 4.69) is 24.3 Å². The van der Waals surface area contributed by atoms with Crippen LogP contribution in [0.4, 0.5) is 4.39 Å². The Morgan fingerprint density at radius 1 is 1.26 bits per heavy atom. The van der Waals surface area contributed by atoms with Crippen LogP contribution in [-0.2, 0) is 7.05 Å². The number of aryl methyl sites for hydroxylation is 2. The molecule has 0 spiro atoms. The van der Waals surface area contributed by atoms with Crippen molar-refractivity contribution in [2.45, 2.75) is 68.2 Å². The molecule has 4 nitrogen and oxygen atoms in total. The van der Waals surface area contributed by atoms with Gasteiger partial charge in [0.15, 0.2) is 0 Å². The molecule has 27 heavy (non-hydrogen) atoms. The fourth-order valence-corrected chi connectivity index (χ4v) is 2.34. The zero-order valence-corrected chi connectivity index (χ0v) is 18.6. The third-order valence-electron chi connectivity index (χ3n) is 3.42. The van der Waals surface area contributed by atoms with Gasteiger partial charge in [0, 0.05) is 12.7 Å². The molecule has 0 saturated carbocycles. The molecule has 1 heterocycles. The molecule has 0 aliphatic heterocycles. The van der Waals surface area contributed by atoms with Crippen LogP contribution >= 0.6 is 0 Å². The maximum absolute atomic E-state index is 14.0. The lowest BCUT2D eigenvalue weighted by Gasteiger charge is -2.09. The first-order valence-electron chi connectivity index (χ1n) is 9.92. The van der Waals surface area contributed by atoms with E-state index in [1.54, 1.807) is 6.92 Å². The number of halogens is 1. The van der Waals surface area contributed by atoms with Gasteiger partial charge >= 0.3 is 0 Å². The molecule has 0 fully saturated rings. The first-order chi connectivity index (χ1) is 12.9. The first-order valence-corrected chi connectivity index (χ1v) is 9.92. The maximum Gasteiger partial charge on any atom is 0.262 e. The zero-order chi connectivity index (χ0) is 21.4. The van der Waals surface area contributed by atoms with Gasteiger partial charge in [-0.2, -0.15) is 9.49 Å². The molecule has 0 aliphatic rings. The number of carbonyl (C=O) groups is 1. The molecule has 0 radical (unpaired) electrons. The number of hydrogen-bond acceptors (Lipinski definition) is 2. The van der Waals surface area contributed by atoms with Gasteiger partial charge in [-0.25, -0.2) is 4.68 Å². The summed E-state index contributed by atoms with van der Waals surface area (Å²) in [7, 11) is 1.48. The molecule has 1 unspecified atom stereocenters. The highest BCUT2D eigenvalue weighted by Crippen LogP contribution is 2.14. The molecular weight excluding hydrogens is 341 g/mol. The van der Waals surface area contributed by atoms with Crippen LogP contribution in [0.15, 0.2) is 36.1 Å². The van der Waals surface area contributed by atoms with Crippen molar-refractivity contribution in [2.24, 2.45) is 13.0 Å². The Bertz CT molecular complexity index is 628. The number of hydrogen-bond donors (Lipinski definition) is 1. The van der Waals surface area contributed by atoms with E-state index in [0.717, 1.165) is 17.5 Å². The summed E-state index contributed by atoms with van der Waals surface area (Å²) in [4.78, 5) is 12.4. The predicted molar refractivity (Wildman–Crippen MR) is 114 cm³/mol. The van der Waals surface area contributed by atoms with Gasteiger partial charge in [-0.1, -0.05) is 72.3 Å². The summed E-state index contributed by atoms with van der Waals surface area (Å²) in [5.74, 6) is -0.781. The van der Waals surface area contributed by atoms with Crippen LogP contribution in [0.5, 0.6) is 0 Å². The average molecular weight is 380 g/mol. The van der Waals surface area contributed by atoms with E-state index in [4.69, 9.17) is 0 Å². The van der Waals surface area contributed by atoms with Crippen LogP contribution < -0.4 is 5.32 Å². The highest BCUT2D eigenvalue weighted by Gasteiger charge is 2.20. The minimum atomic E-state index is -0.626. The summed E-state index contributed by atoms with van der Waals surface area (Å²) in [6, 6.07) is 0. The number of allylic oxidation sites excluding steroid dienone is 5. The van der Waals surface area contributed by atoms with Gasteiger partial charge < -0.3 is 5.32 Å². The van der Waals surface area contributed by atoms with E-state index >= 15 is 0 Å². The summed E-state index contributed by atoms with van der Waals surface area (Å²) in [6.45, 7) is 15.7. The lowest BCUT2D eigenvalue weighted by Crippen LogP contribution is -2.24. The summed E-state index contributed by atoms with van der Waals surface area (Å²) < 4.78 is 15.1. The highest BCUT2D eigenvalue weighted by molar-refractivity contribution is 5.96. The molecule has 0 aliphatic carbocycles. The minimum Gasteiger partial charge on any atom is -0.322 e. The Morgan fingerprint density at radius 3 is 2.30 bits per heavy atom. The normalized spacial score (nSPS) is 12.3. The number of carbonyl (C=O) groups excluding carboxylic acids is 1. The number of amides is 1. The van der Waals surface area contributed by atoms with E-state index < -0.39 is 11.9 Å². The Hall–Kier alpha value is -2.17. The lowest BCUT2D eigenvalue weighted by atomic mass is 10.0. The zero-order valence-electron chi connectivity index (χ0n) is 18.6. The Balaban J connectivity index is 0. The number of rotatable bonds is 7. The second kappa shape index (κ2) is 16.0. The van der Waals surface area contributed by atoms with Crippen LogP contribution in [0.2, 0.25) is 0 Å². The Labute approximate surface area is 165 Å². The molecular formula is C22H38FN3O. The Kier molecular flexibility index (Phi) is 16.1. The monoisotopic (exact) mass is 379 g/mol. The lowest BCUT2D eigenvalue weighted by molar-refractivity contribution is 0.0962. The number of nitrogens with zero attached hydrogens (tertiary/aromatic N) is 2. The third kappa shape index (κ3) is 9.92. The summed E-state index contributed by atoms with van der Waals surface area (Å²) in [5, 5.41) is 6.72. The van der Waals surface area contributed by atoms with Crippen molar-refractivity contribution < 1.29 is 9.18 Å².